The van der Waals surface area contributed by atoms with Gasteiger partial charge in [0, 0.05) is 49.6 Å². The molecule has 1 saturated heterocycles. The van der Waals surface area contributed by atoms with Crippen LogP contribution in [0.4, 0.5) is 8.78 Å². The van der Waals surface area contributed by atoms with Crippen molar-refractivity contribution in [3.8, 4) is 0 Å². The van der Waals surface area contributed by atoms with Crippen LogP contribution in [0.5, 0.6) is 0 Å². The minimum Gasteiger partial charge on any atom is -0.478 e. The molecule has 2 fully saturated rings. The number of carboxylic acids is 1. The highest BCUT2D eigenvalue weighted by molar-refractivity contribution is 5.93. The van der Waals surface area contributed by atoms with Crippen molar-refractivity contribution in [1.29, 1.82) is 5.41 Å². The predicted molar refractivity (Wildman–Crippen MR) is 122 cm³/mol. The summed E-state index contributed by atoms with van der Waals surface area (Å²) >= 11 is 0. The first-order valence-corrected chi connectivity index (χ1v) is 11.7. The Hall–Kier alpha value is -3.30. The van der Waals surface area contributed by atoms with E-state index in [1.807, 2.05) is 4.90 Å². The molecule has 10 heteroatoms. The van der Waals surface area contributed by atoms with Crippen molar-refractivity contribution in [1.82, 2.24) is 4.90 Å². The number of nitrogens with zero attached hydrogens (tertiary/aromatic N) is 1. The van der Waals surface area contributed by atoms with E-state index in [2.05, 4.69) is 0 Å². The van der Waals surface area contributed by atoms with Gasteiger partial charge in [0.05, 0.1) is 12.9 Å². The van der Waals surface area contributed by atoms with Crippen molar-refractivity contribution in [2.45, 2.75) is 50.0 Å². The Morgan fingerprint density at radius 2 is 1.83 bits per heavy atom. The second kappa shape index (κ2) is 11.4. The molecule has 0 unspecified atom stereocenters. The number of rotatable bonds is 10. The lowest BCUT2D eigenvalue weighted by molar-refractivity contribution is -0.191. The summed E-state index contributed by atoms with van der Waals surface area (Å²) in [6.07, 6.45) is 3.52. The molecule has 0 amide bonds. The highest BCUT2D eigenvalue weighted by Gasteiger charge is 2.58. The number of alkyl halides is 2. The number of hydrogen-bond acceptors (Lipinski definition) is 6. The van der Waals surface area contributed by atoms with Gasteiger partial charge < -0.3 is 19.5 Å². The van der Waals surface area contributed by atoms with Gasteiger partial charge in [-0.25, -0.2) is 23.2 Å². The van der Waals surface area contributed by atoms with Crippen LogP contribution in [0, 0.1) is 17.2 Å². The van der Waals surface area contributed by atoms with Crippen LogP contribution in [0.15, 0.2) is 42.5 Å². The first-order chi connectivity index (χ1) is 16.7. The standard InChI is InChI=1S/C25H30F2N2O6/c26-24(27)12-8-20(16-24)25(19-4-2-1-3-5-19,35-22(32)7-6-21(30)31)23(33)34-15-11-18-9-13-29(17-28)14-10-18/h1-7,17-18,20,28H,8-16H2,(H,30,31)/t20-,25+/m1/s1. The van der Waals surface area contributed by atoms with Crippen LogP contribution in [-0.2, 0) is 29.5 Å². The number of benzene rings is 1. The maximum Gasteiger partial charge on any atom is 0.355 e. The average Bonchev–Trinajstić information content (AvgIpc) is 3.21. The molecular formula is C25H30F2N2O6. The summed E-state index contributed by atoms with van der Waals surface area (Å²) in [5.41, 5.74) is -1.94. The van der Waals surface area contributed by atoms with Gasteiger partial charge >= 0.3 is 17.9 Å². The Morgan fingerprint density at radius 3 is 2.40 bits per heavy atom. The zero-order chi connectivity index (χ0) is 25.5. The minimum atomic E-state index is -3.03. The number of esters is 2. The lowest BCUT2D eigenvalue weighted by Crippen LogP contribution is -2.48. The van der Waals surface area contributed by atoms with Gasteiger partial charge in [-0.15, -0.1) is 0 Å². The van der Waals surface area contributed by atoms with Crippen molar-refractivity contribution in [2.75, 3.05) is 19.7 Å². The molecule has 2 aliphatic rings. The predicted octanol–water partition coefficient (Wildman–Crippen LogP) is 3.75. The van der Waals surface area contributed by atoms with Gasteiger partial charge in [-0.1, -0.05) is 30.3 Å². The number of carbonyl (C=O) groups excluding carboxylic acids is 2. The number of piperidine rings is 1. The summed E-state index contributed by atoms with van der Waals surface area (Å²) < 4.78 is 39.6. The summed E-state index contributed by atoms with van der Waals surface area (Å²) in [6, 6.07) is 7.90. The summed E-state index contributed by atoms with van der Waals surface area (Å²) in [5.74, 6) is -7.27. The monoisotopic (exact) mass is 492 g/mol. The number of carboxylic acid groups (broad SMARTS) is 1. The first-order valence-electron chi connectivity index (χ1n) is 11.7. The van der Waals surface area contributed by atoms with Crippen LogP contribution in [0.25, 0.3) is 0 Å². The van der Waals surface area contributed by atoms with Crippen LogP contribution >= 0.6 is 0 Å². The highest BCUT2D eigenvalue weighted by atomic mass is 19.3. The Labute approximate surface area is 202 Å². The molecule has 0 bridgehead atoms. The molecular weight excluding hydrogens is 462 g/mol. The van der Waals surface area contributed by atoms with Crippen LogP contribution in [0.3, 0.4) is 0 Å². The third kappa shape index (κ3) is 6.64. The molecule has 1 aromatic rings. The Morgan fingerprint density at radius 1 is 1.14 bits per heavy atom. The quantitative estimate of drug-likeness (QED) is 0.221. The molecule has 35 heavy (non-hydrogen) atoms. The van der Waals surface area contributed by atoms with E-state index in [1.165, 1.54) is 18.5 Å². The highest BCUT2D eigenvalue weighted by Crippen LogP contribution is 2.50. The summed E-state index contributed by atoms with van der Waals surface area (Å²) in [5, 5.41) is 16.2. The normalized spacial score (nSPS) is 21.9. The van der Waals surface area contributed by atoms with E-state index in [1.54, 1.807) is 18.2 Å². The summed E-state index contributed by atoms with van der Waals surface area (Å²) in [6.45, 7) is 1.50. The molecule has 3 rings (SSSR count). The molecule has 0 spiro atoms. The van der Waals surface area contributed by atoms with Crippen LogP contribution < -0.4 is 0 Å². The molecule has 0 aromatic heterocycles. The molecule has 2 atom stereocenters. The number of carbonyl (C=O) groups is 3. The zero-order valence-electron chi connectivity index (χ0n) is 19.3. The number of likely N-dealkylation sites (tertiary alicyclic amines) is 1. The van der Waals surface area contributed by atoms with Crippen molar-refractivity contribution in [3.05, 3.63) is 48.0 Å². The van der Waals surface area contributed by atoms with Crippen molar-refractivity contribution in [3.63, 3.8) is 0 Å². The second-order valence-corrected chi connectivity index (χ2v) is 9.02. The van der Waals surface area contributed by atoms with Gasteiger partial charge in [0.25, 0.3) is 0 Å². The summed E-state index contributed by atoms with van der Waals surface area (Å²) in [7, 11) is 0. The number of ether oxygens (including phenoxy) is 2. The molecule has 1 heterocycles. The van der Waals surface area contributed by atoms with E-state index in [4.69, 9.17) is 20.0 Å². The molecule has 8 nitrogen and oxygen atoms in total. The van der Waals surface area contributed by atoms with Crippen LogP contribution in [-0.4, -0.2) is 59.9 Å². The van der Waals surface area contributed by atoms with E-state index in [0.717, 1.165) is 25.9 Å². The second-order valence-electron chi connectivity index (χ2n) is 9.02. The zero-order valence-corrected chi connectivity index (χ0v) is 19.3. The maximum atomic E-state index is 14.2. The van der Waals surface area contributed by atoms with Crippen LogP contribution in [0.1, 0.15) is 44.1 Å². The van der Waals surface area contributed by atoms with Crippen molar-refractivity contribution >= 4 is 24.2 Å². The molecule has 1 aliphatic carbocycles. The van der Waals surface area contributed by atoms with Gasteiger partial charge in [0.1, 0.15) is 0 Å². The van der Waals surface area contributed by atoms with Gasteiger partial charge in [-0.05, 0) is 31.6 Å². The Kier molecular flexibility index (Phi) is 8.58. The van der Waals surface area contributed by atoms with Gasteiger partial charge in [-0.3, -0.25) is 5.41 Å². The maximum absolute atomic E-state index is 14.2. The Balaban J connectivity index is 1.85. The van der Waals surface area contributed by atoms with Gasteiger partial charge in [-0.2, -0.15) is 0 Å². The van der Waals surface area contributed by atoms with E-state index in [0.29, 0.717) is 18.6 Å². The average molecular weight is 493 g/mol. The van der Waals surface area contributed by atoms with E-state index in [9.17, 15) is 23.2 Å². The Bertz CT molecular complexity index is 947. The number of hydrogen-bond donors (Lipinski definition) is 2. The smallest absolute Gasteiger partial charge is 0.355 e. The van der Waals surface area contributed by atoms with E-state index >= 15 is 0 Å². The van der Waals surface area contributed by atoms with Crippen molar-refractivity contribution in [2.24, 2.45) is 11.8 Å². The van der Waals surface area contributed by atoms with Gasteiger partial charge in [0.2, 0.25) is 11.5 Å². The third-order valence-electron chi connectivity index (χ3n) is 6.70. The molecule has 1 aromatic carbocycles. The molecule has 1 saturated carbocycles. The lowest BCUT2D eigenvalue weighted by atomic mass is 9.79. The number of aliphatic carboxylic acids is 1. The fourth-order valence-corrected chi connectivity index (χ4v) is 4.82. The van der Waals surface area contributed by atoms with Gasteiger partial charge in [0.15, 0.2) is 0 Å². The fourth-order valence-electron chi connectivity index (χ4n) is 4.82. The first kappa shape index (κ1) is 26.3. The molecule has 1 aliphatic heterocycles. The fraction of sp³-hybridized carbons (Fsp3) is 0.520. The topological polar surface area (TPSA) is 117 Å². The van der Waals surface area contributed by atoms with E-state index in [-0.39, 0.29) is 24.5 Å². The SMILES string of the molecule is N=CN1CCC(CCOC(=O)[C@](OC(=O)C=CC(=O)O)(c2ccccc2)[C@@H]2CCC(F)(F)C2)CC1. The summed E-state index contributed by atoms with van der Waals surface area (Å²) in [4.78, 5) is 38.8. The van der Waals surface area contributed by atoms with E-state index < -0.39 is 48.2 Å². The number of halogens is 2. The minimum absolute atomic E-state index is 0.0221. The molecule has 190 valence electrons. The van der Waals surface area contributed by atoms with Crippen LogP contribution in [0.2, 0.25) is 0 Å². The number of nitrogens with one attached hydrogen (secondary N) is 1. The molecule has 2 N–H and O–H groups in total. The lowest BCUT2D eigenvalue weighted by Gasteiger charge is -2.36. The largest absolute Gasteiger partial charge is 0.478 e. The van der Waals surface area contributed by atoms with Crippen molar-refractivity contribution < 1.29 is 37.7 Å². The third-order valence-corrected chi connectivity index (χ3v) is 6.70. The molecule has 0 radical (unpaired) electrons.